The van der Waals surface area contributed by atoms with Gasteiger partial charge in [0.05, 0.1) is 6.42 Å². The zero-order chi connectivity index (χ0) is 14.1. The predicted molar refractivity (Wildman–Crippen MR) is 68.9 cm³/mol. The second-order valence-corrected chi connectivity index (χ2v) is 4.96. The zero-order valence-corrected chi connectivity index (χ0v) is 10.9. The molecule has 6 nitrogen and oxygen atoms in total. The summed E-state index contributed by atoms with van der Waals surface area (Å²) in [6, 6.07) is 4.83. The highest BCUT2D eigenvalue weighted by atomic mass is 16.7. The van der Waals surface area contributed by atoms with E-state index in [0.717, 1.165) is 12.8 Å². The van der Waals surface area contributed by atoms with Gasteiger partial charge in [0.15, 0.2) is 11.5 Å². The summed E-state index contributed by atoms with van der Waals surface area (Å²) in [6.45, 7) is 0.767. The molecule has 1 fully saturated rings. The van der Waals surface area contributed by atoms with Crippen molar-refractivity contribution in [1.82, 2.24) is 4.90 Å². The third-order valence-electron chi connectivity index (χ3n) is 3.67. The fourth-order valence-electron chi connectivity index (χ4n) is 2.71. The Morgan fingerprint density at radius 2 is 2.10 bits per heavy atom. The van der Waals surface area contributed by atoms with Gasteiger partial charge in [0, 0.05) is 18.2 Å². The monoisotopic (exact) mass is 277 g/mol. The Morgan fingerprint density at radius 1 is 1.30 bits per heavy atom. The smallest absolute Gasteiger partial charge is 0.305 e. The van der Waals surface area contributed by atoms with Crippen LogP contribution in [0.25, 0.3) is 0 Å². The van der Waals surface area contributed by atoms with Crippen molar-refractivity contribution in [3.63, 3.8) is 0 Å². The molecular formula is C14H15NO5. The second kappa shape index (κ2) is 5.03. The molecule has 106 valence electrons. The molecule has 2 aliphatic heterocycles. The van der Waals surface area contributed by atoms with Crippen LogP contribution < -0.4 is 9.47 Å². The van der Waals surface area contributed by atoms with Crippen molar-refractivity contribution in [3.8, 4) is 11.5 Å². The van der Waals surface area contributed by atoms with Crippen LogP contribution in [-0.2, 0) is 4.79 Å². The number of ether oxygens (including phenoxy) is 2. The van der Waals surface area contributed by atoms with Crippen LogP contribution >= 0.6 is 0 Å². The highest BCUT2D eigenvalue weighted by Crippen LogP contribution is 2.33. The molecule has 0 bridgehead atoms. The van der Waals surface area contributed by atoms with Gasteiger partial charge in [0.1, 0.15) is 0 Å². The van der Waals surface area contributed by atoms with Crippen molar-refractivity contribution in [1.29, 1.82) is 0 Å². The van der Waals surface area contributed by atoms with Crippen LogP contribution in [0.15, 0.2) is 18.2 Å². The average molecular weight is 277 g/mol. The SMILES string of the molecule is O=C(O)CC1CCCN1C(=O)c1ccc2c(c1)OCO2. The van der Waals surface area contributed by atoms with E-state index in [2.05, 4.69) is 0 Å². The van der Waals surface area contributed by atoms with Gasteiger partial charge in [-0.3, -0.25) is 9.59 Å². The standard InChI is InChI=1S/C14H15NO5/c16-13(17)7-10-2-1-5-15(10)14(18)9-3-4-11-12(6-9)20-8-19-11/h3-4,6,10H,1-2,5,7-8H2,(H,16,17). The van der Waals surface area contributed by atoms with Crippen LogP contribution in [0.2, 0.25) is 0 Å². The van der Waals surface area contributed by atoms with E-state index < -0.39 is 5.97 Å². The molecule has 1 N–H and O–H groups in total. The first-order valence-electron chi connectivity index (χ1n) is 6.57. The van der Waals surface area contributed by atoms with Crippen LogP contribution in [0.1, 0.15) is 29.6 Å². The van der Waals surface area contributed by atoms with E-state index >= 15 is 0 Å². The molecule has 1 amide bonds. The molecule has 1 aromatic rings. The number of carboxylic acids is 1. The van der Waals surface area contributed by atoms with E-state index in [0.29, 0.717) is 23.6 Å². The number of rotatable bonds is 3. The lowest BCUT2D eigenvalue weighted by molar-refractivity contribution is -0.137. The number of amides is 1. The van der Waals surface area contributed by atoms with Gasteiger partial charge in [0.25, 0.3) is 5.91 Å². The fraction of sp³-hybridized carbons (Fsp3) is 0.429. The molecular weight excluding hydrogens is 262 g/mol. The van der Waals surface area contributed by atoms with Gasteiger partial charge in [0.2, 0.25) is 6.79 Å². The summed E-state index contributed by atoms with van der Waals surface area (Å²) < 4.78 is 10.5. The van der Waals surface area contributed by atoms with E-state index in [1.807, 2.05) is 0 Å². The van der Waals surface area contributed by atoms with Gasteiger partial charge in [-0.15, -0.1) is 0 Å². The highest BCUT2D eigenvalue weighted by Gasteiger charge is 2.31. The largest absolute Gasteiger partial charge is 0.481 e. The molecule has 6 heteroatoms. The number of benzene rings is 1. The molecule has 1 atom stereocenters. The van der Waals surface area contributed by atoms with E-state index in [4.69, 9.17) is 14.6 Å². The van der Waals surface area contributed by atoms with Crippen molar-refractivity contribution in [2.75, 3.05) is 13.3 Å². The molecule has 0 radical (unpaired) electrons. The quantitative estimate of drug-likeness (QED) is 0.906. The van der Waals surface area contributed by atoms with Gasteiger partial charge < -0.3 is 19.5 Å². The molecule has 1 aromatic carbocycles. The number of nitrogens with zero attached hydrogens (tertiary/aromatic N) is 1. The summed E-state index contributed by atoms with van der Waals surface area (Å²) >= 11 is 0. The Kier molecular flexibility index (Phi) is 3.22. The number of carboxylic acid groups (broad SMARTS) is 1. The van der Waals surface area contributed by atoms with E-state index in [-0.39, 0.29) is 25.2 Å². The molecule has 0 aliphatic carbocycles. The summed E-state index contributed by atoms with van der Waals surface area (Å²) in [5, 5.41) is 8.90. The Hall–Kier alpha value is -2.24. The minimum absolute atomic E-state index is 0.00368. The molecule has 1 unspecified atom stereocenters. The first-order chi connectivity index (χ1) is 9.65. The molecule has 2 heterocycles. The molecule has 0 spiro atoms. The number of carbonyl (C=O) groups is 2. The molecule has 0 aromatic heterocycles. The van der Waals surface area contributed by atoms with Crippen LogP contribution in [-0.4, -0.2) is 41.3 Å². The third kappa shape index (κ3) is 2.29. The summed E-state index contributed by atoms with van der Waals surface area (Å²) in [6.07, 6.45) is 1.58. The van der Waals surface area contributed by atoms with Crippen molar-refractivity contribution in [2.24, 2.45) is 0 Å². The Balaban J connectivity index is 1.79. The minimum atomic E-state index is -0.875. The van der Waals surface area contributed by atoms with Gasteiger partial charge >= 0.3 is 5.97 Å². The maximum absolute atomic E-state index is 12.5. The van der Waals surface area contributed by atoms with Crippen LogP contribution in [0.5, 0.6) is 11.5 Å². The van der Waals surface area contributed by atoms with Crippen LogP contribution in [0, 0.1) is 0 Å². The van der Waals surface area contributed by atoms with Crippen LogP contribution in [0.4, 0.5) is 0 Å². The fourth-order valence-corrected chi connectivity index (χ4v) is 2.71. The number of hydrogen-bond donors (Lipinski definition) is 1. The van der Waals surface area contributed by atoms with E-state index in [1.54, 1.807) is 23.1 Å². The summed E-state index contributed by atoms with van der Waals surface area (Å²) in [5.74, 6) is 0.169. The van der Waals surface area contributed by atoms with Crippen LogP contribution in [0.3, 0.4) is 0 Å². The lowest BCUT2D eigenvalue weighted by Crippen LogP contribution is -2.36. The van der Waals surface area contributed by atoms with Gasteiger partial charge in [-0.1, -0.05) is 0 Å². The molecule has 3 rings (SSSR count). The second-order valence-electron chi connectivity index (χ2n) is 4.96. The summed E-state index contributed by atoms with van der Waals surface area (Å²) in [5.41, 5.74) is 0.506. The van der Waals surface area contributed by atoms with Crippen molar-refractivity contribution in [3.05, 3.63) is 23.8 Å². The Morgan fingerprint density at radius 3 is 2.90 bits per heavy atom. The number of fused-ring (bicyclic) bond motifs is 1. The van der Waals surface area contributed by atoms with Crippen molar-refractivity contribution in [2.45, 2.75) is 25.3 Å². The minimum Gasteiger partial charge on any atom is -0.481 e. The Labute approximate surface area is 115 Å². The maximum atomic E-state index is 12.5. The predicted octanol–water partition coefficient (Wildman–Crippen LogP) is 1.49. The molecule has 1 saturated heterocycles. The maximum Gasteiger partial charge on any atom is 0.305 e. The first kappa shape index (κ1) is 12.8. The average Bonchev–Trinajstić information content (AvgIpc) is 3.04. The van der Waals surface area contributed by atoms with Crippen molar-refractivity contribution < 1.29 is 24.2 Å². The molecule has 20 heavy (non-hydrogen) atoms. The molecule has 2 aliphatic rings. The first-order valence-corrected chi connectivity index (χ1v) is 6.57. The normalized spacial score (nSPS) is 20.2. The van der Waals surface area contributed by atoms with Gasteiger partial charge in [-0.25, -0.2) is 0 Å². The van der Waals surface area contributed by atoms with E-state index in [9.17, 15) is 9.59 Å². The van der Waals surface area contributed by atoms with Gasteiger partial charge in [-0.2, -0.15) is 0 Å². The number of hydrogen-bond acceptors (Lipinski definition) is 4. The summed E-state index contributed by atoms with van der Waals surface area (Å²) in [4.78, 5) is 25.0. The van der Waals surface area contributed by atoms with Gasteiger partial charge in [-0.05, 0) is 31.0 Å². The number of likely N-dealkylation sites (tertiary alicyclic amines) is 1. The lowest BCUT2D eigenvalue weighted by Gasteiger charge is -2.23. The summed E-state index contributed by atoms with van der Waals surface area (Å²) in [7, 11) is 0. The van der Waals surface area contributed by atoms with E-state index in [1.165, 1.54) is 0 Å². The van der Waals surface area contributed by atoms with Crippen molar-refractivity contribution >= 4 is 11.9 Å². The highest BCUT2D eigenvalue weighted by molar-refractivity contribution is 5.95. The topological polar surface area (TPSA) is 76.1 Å². The third-order valence-corrected chi connectivity index (χ3v) is 3.67. The zero-order valence-electron chi connectivity index (χ0n) is 10.9. The molecule has 0 saturated carbocycles. The number of aliphatic carboxylic acids is 1. The Bertz CT molecular complexity index is 556. The number of carbonyl (C=O) groups excluding carboxylic acids is 1. The lowest BCUT2D eigenvalue weighted by atomic mass is 10.1.